The number of benzene rings is 1. The topological polar surface area (TPSA) is 93.1 Å². The Bertz CT molecular complexity index is 1360. The van der Waals surface area contributed by atoms with Crippen molar-refractivity contribution < 1.29 is 9.59 Å². The summed E-state index contributed by atoms with van der Waals surface area (Å²) in [7, 11) is 0. The number of carbonyl (C=O) groups excluding carboxylic acids is 2. The summed E-state index contributed by atoms with van der Waals surface area (Å²) in [5.41, 5.74) is 1.44. The third-order valence-corrected chi connectivity index (χ3v) is 9.78. The summed E-state index contributed by atoms with van der Waals surface area (Å²) in [6, 6.07) is 5.33. The summed E-state index contributed by atoms with van der Waals surface area (Å²) < 4.78 is 1.42. The van der Waals surface area contributed by atoms with E-state index >= 15 is 0 Å². The van der Waals surface area contributed by atoms with Crippen LogP contribution in [0, 0.1) is 41.9 Å². The number of rotatable bonds is 6. The minimum absolute atomic E-state index is 0.206. The van der Waals surface area contributed by atoms with Crippen molar-refractivity contribution in [2.24, 2.45) is 23.2 Å². The normalized spacial score (nSPS) is 30.7. The van der Waals surface area contributed by atoms with E-state index in [0.717, 1.165) is 37.1 Å². The van der Waals surface area contributed by atoms with E-state index in [9.17, 15) is 14.4 Å². The van der Waals surface area contributed by atoms with E-state index in [1.54, 1.807) is 13.0 Å². The van der Waals surface area contributed by atoms with Crippen LogP contribution in [0.5, 0.6) is 0 Å². The van der Waals surface area contributed by atoms with Crippen LogP contribution in [-0.4, -0.2) is 34.0 Å². The number of imide groups is 1. The molecule has 0 radical (unpaired) electrons. The van der Waals surface area contributed by atoms with Gasteiger partial charge < -0.3 is 5.32 Å². The van der Waals surface area contributed by atoms with Crippen LogP contribution in [0.1, 0.15) is 88.6 Å². The highest BCUT2D eigenvalue weighted by molar-refractivity contribution is 5.99. The zero-order valence-corrected chi connectivity index (χ0v) is 22.5. The van der Waals surface area contributed by atoms with Gasteiger partial charge in [-0.2, -0.15) is 0 Å². The van der Waals surface area contributed by atoms with Gasteiger partial charge in [0.25, 0.3) is 5.56 Å². The third kappa shape index (κ3) is 4.58. The van der Waals surface area contributed by atoms with E-state index in [0.29, 0.717) is 40.2 Å². The van der Waals surface area contributed by atoms with Gasteiger partial charge in [0.05, 0.1) is 10.9 Å². The molecule has 1 aliphatic heterocycles. The molecule has 2 aromatic rings. The second-order valence-corrected chi connectivity index (χ2v) is 12.4. The number of piperidine rings is 1. The lowest BCUT2D eigenvalue weighted by Crippen LogP contribution is -2.54. The van der Waals surface area contributed by atoms with Gasteiger partial charge in [0, 0.05) is 24.4 Å². The summed E-state index contributed by atoms with van der Waals surface area (Å²) in [5.74, 6) is 9.08. The van der Waals surface area contributed by atoms with Gasteiger partial charge >= 0.3 is 0 Å². The molecule has 2 amide bonds. The number of hydrogen-bond donors (Lipinski definition) is 2. The summed E-state index contributed by atoms with van der Waals surface area (Å²) in [6.07, 6.45) is 10.9. The second kappa shape index (κ2) is 9.96. The van der Waals surface area contributed by atoms with Gasteiger partial charge in [-0.05, 0) is 107 Å². The molecule has 7 nitrogen and oxygen atoms in total. The van der Waals surface area contributed by atoms with E-state index in [-0.39, 0.29) is 17.9 Å². The van der Waals surface area contributed by atoms with Gasteiger partial charge in [-0.1, -0.05) is 17.9 Å². The minimum Gasteiger partial charge on any atom is -0.314 e. The molecule has 1 aromatic heterocycles. The zero-order chi connectivity index (χ0) is 26.4. The largest absolute Gasteiger partial charge is 0.314 e. The number of amides is 2. The molecule has 4 bridgehead atoms. The van der Waals surface area contributed by atoms with Crippen LogP contribution in [0.2, 0.25) is 0 Å². The van der Waals surface area contributed by atoms with Gasteiger partial charge in [0.2, 0.25) is 11.8 Å². The third-order valence-electron chi connectivity index (χ3n) is 9.78. The summed E-state index contributed by atoms with van der Waals surface area (Å²) in [4.78, 5) is 42.2. The molecule has 7 heteroatoms. The van der Waals surface area contributed by atoms with Crippen LogP contribution < -0.4 is 16.2 Å². The predicted octanol–water partition coefficient (Wildman–Crippen LogP) is 4.01. The first-order chi connectivity index (χ1) is 18.3. The van der Waals surface area contributed by atoms with E-state index in [1.165, 1.54) is 43.1 Å². The number of nitrogens with one attached hydrogen (secondary N) is 2. The number of carbonyl (C=O) groups is 2. The zero-order valence-electron chi connectivity index (χ0n) is 22.5. The number of nitrogens with zero attached hydrogens (tertiary/aromatic N) is 2. The van der Waals surface area contributed by atoms with Crippen molar-refractivity contribution in [2.75, 3.05) is 6.54 Å². The lowest BCUT2D eigenvalue weighted by atomic mass is 9.48. The van der Waals surface area contributed by atoms with E-state index in [4.69, 9.17) is 0 Å². The Morgan fingerprint density at radius 2 is 1.84 bits per heavy atom. The molecule has 1 saturated heterocycles. The molecule has 5 fully saturated rings. The molecule has 2 atom stereocenters. The van der Waals surface area contributed by atoms with Crippen molar-refractivity contribution in [3.05, 3.63) is 39.9 Å². The lowest BCUT2D eigenvalue weighted by molar-refractivity contribution is -0.135. The SMILES string of the molecule is Cc1nc2cccc(C#CCCCNC(C)C34CC5CC(CC(C5)C3)C4)c2c(=O)n1[C@H]1CCC(=O)NC1=O. The monoisotopic (exact) mass is 514 g/mol. The first kappa shape index (κ1) is 25.3. The van der Waals surface area contributed by atoms with Crippen LogP contribution in [-0.2, 0) is 9.59 Å². The van der Waals surface area contributed by atoms with Crippen molar-refractivity contribution in [2.45, 2.75) is 90.1 Å². The molecule has 2 heterocycles. The maximum absolute atomic E-state index is 13.5. The smallest absolute Gasteiger partial charge is 0.263 e. The molecular formula is C31H38N4O3. The molecule has 4 saturated carbocycles. The van der Waals surface area contributed by atoms with Crippen LogP contribution >= 0.6 is 0 Å². The van der Waals surface area contributed by atoms with Crippen molar-refractivity contribution in [3.8, 4) is 11.8 Å². The van der Waals surface area contributed by atoms with Crippen LogP contribution in [0.25, 0.3) is 10.9 Å². The molecule has 1 aromatic carbocycles. The minimum atomic E-state index is -0.736. The first-order valence-corrected chi connectivity index (χ1v) is 14.4. The molecule has 1 unspecified atom stereocenters. The number of hydrogen-bond acceptors (Lipinski definition) is 5. The molecule has 5 aliphatic rings. The van der Waals surface area contributed by atoms with Crippen molar-refractivity contribution in [1.82, 2.24) is 20.2 Å². The highest BCUT2D eigenvalue weighted by Crippen LogP contribution is 2.61. The van der Waals surface area contributed by atoms with Crippen LogP contribution in [0.15, 0.2) is 23.0 Å². The Morgan fingerprint density at radius 3 is 2.53 bits per heavy atom. The fraction of sp³-hybridized carbons (Fsp3) is 0.613. The second-order valence-electron chi connectivity index (χ2n) is 12.4. The van der Waals surface area contributed by atoms with Gasteiger partial charge in [-0.25, -0.2) is 4.98 Å². The van der Waals surface area contributed by atoms with Crippen LogP contribution in [0.4, 0.5) is 0 Å². The fourth-order valence-electron chi connectivity index (χ4n) is 8.33. The maximum Gasteiger partial charge on any atom is 0.263 e. The van der Waals surface area contributed by atoms with Crippen LogP contribution in [0.3, 0.4) is 0 Å². The molecule has 0 spiro atoms. The Morgan fingerprint density at radius 1 is 1.13 bits per heavy atom. The molecule has 200 valence electrons. The summed E-state index contributed by atoms with van der Waals surface area (Å²) in [5, 5.41) is 6.62. The number of aromatic nitrogens is 2. The maximum atomic E-state index is 13.5. The average molecular weight is 515 g/mol. The lowest BCUT2D eigenvalue weighted by Gasteiger charge is -2.59. The van der Waals surface area contributed by atoms with E-state index in [1.807, 2.05) is 12.1 Å². The van der Waals surface area contributed by atoms with E-state index in [2.05, 4.69) is 34.4 Å². The van der Waals surface area contributed by atoms with Gasteiger partial charge in [-0.3, -0.25) is 24.3 Å². The van der Waals surface area contributed by atoms with Crippen molar-refractivity contribution in [3.63, 3.8) is 0 Å². The summed E-state index contributed by atoms with van der Waals surface area (Å²) >= 11 is 0. The van der Waals surface area contributed by atoms with Crippen molar-refractivity contribution in [1.29, 1.82) is 0 Å². The first-order valence-electron chi connectivity index (χ1n) is 14.4. The number of fused-ring (bicyclic) bond motifs is 1. The molecule has 38 heavy (non-hydrogen) atoms. The average Bonchev–Trinajstić information content (AvgIpc) is 2.86. The number of unbranched alkanes of at least 4 members (excludes halogenated alkanes) is 1. The summed E-state index contributed by atoms with van der Waals surface area (Å²) in [6.45, 7) is 5.08. The Balaban J connectivity index is 1.12. The molecule has 2 N–H and O–H groups in total. The van der Waals surface area contributed by atoms with Gasteiger partial charge in [0.1, 0.15) is 11.9 Å². The van der Waals surface area contributed by atoms with E-state index < -0.39 is 11.9 Å². The Labute approximate surface area is 224 Å². The van der Waals surface area contributed by atoms with Gasteiger partial charge in [0.15, 0.2) is 0 Å². The Hall–Kier alpha value is -2.98. The quantitative estimate of drug-likeness (QED) is 0.345. The highest BCUT2D eigenvalue weighted by Gasteiger charge is 2.52. The number of aryl methyl sites for hydroxylation is 1. The molecule has 4 aliphatic carbocycles. The Kier molecular flexibility index (Phi) is 6.63. The highest BCUT2D eigenvalue weighted by atomic mass is 16.2. The molecular weight excluding hydrogens is 476 g/mol. The predicted molar refractivity (Wildman–Crippen MR) is 146 cm³/mol. The fourth-order valence-corrected chi connectivity index (χ4v) is 8.33. The standard InChI is InChI=1S/C31H38N4O3/c1-19(31-16-21-13-22(17-31)15-23(14-21)18-31)32-12-5-3-4-7-24-8-6-9-25-28(24)30(38)35(20(2)33-25)26-10-11-27(36)34-29(26)37/h6,8-9,19,21-23,26,32H,3,5,10-18H2,1-2H3,(H,34,36,37)/t19?,21?,22?,23?,26-,31?/m0/s1. The van der Waals surface area contributed by atoms with Crippen molar-refractivity contribution >= 4 is 22.7 Å². The molecule has 7 rings (SSSR count). The van der Waals surface area contributed by atoms with Gasteiger partial charge in [-0.15, -0.1) is 0 Å².